The average Bonchev–Trinajstić information content (AvgIpc) is 2.76. The number of pyridine rings is 1. The van der Waals surface area contributed by atoms with Gasteiger partial charge in [-0.2, -0.15) is 5.10 Å². The summed E-state index contributed by atoms with van der Waals surface area (Å²) in [4.78, 5) is 4.56. The van der Waals surface area contributed by atoms with Crippen molar-refractivity contribution in [1.29, 1.82) is 0 Å². The third-order valence-corrected chi connectivity index (χ3v) is 3.20. The van der Waals surface area contributed by atoms with E-state index >= 15 is 0 Å². The molecule has 18 heavy (non-hydrogen) atoms. The van der Waals surface area contributed by atoms with Crippen molar-refractivity contribution in [3.8, 4) is 0 Å². The van der Waals surface area contributed by atoms with Crippen LogP contribution in [0.5, 0.6) is 0 Å². The lowest BCUT2D eigenvalue weighted by Crippen LogP contribution is -1.95. The molecule has 0 amide bonds. The minimum atomic E-state index is 0.786. The Morgan fingerprint density at radius 1 is 1.00 bits per heavy atom. The molecule has 0 radical (unpaired) electrons. The van der Waals surface area contributed by atoms with Crippen LogP contribution >= 0.6 is 0 Å². The molecule has 0 bridgehead atoms. The average molecular weight is 237 g/mol. The van der Waals surface area contributed by atoms with E-state index in [4.69, 9.17) is 0 Å². The summed E-state index contributed by atoms with van der Waals surface area (Å²) in [7, 11) is 0. The molecule has 0 aliphatic carbocycles. The number of aryl methyl sites for hydroxylation is 2. The van der Waals surface area contributed by atoms with Gasteiger partial charge < -0.3 is 0 Å². The Bertz CT molecular complexity index is 698. The molecule has 2 heterocycles. The van der Waals surface area contributed by atoms with Crippen LogP contribution in [0.15, 0.2) is 42.5 Å². The van der Waals surface area contributed by atoms with Crippen molar-refractivity contribution in [1.82, 2.24) is 14.6 Å². The van der Waals surface area contributed by atoms with Crippen molar-refractivity contribution in [2.75, 3.05) is 0 Å². The normalized spacial score (nSPS) is 11.0. The molecule has 3 heteroatoms. The van der Waals surface area contributed by atoms with Gasteiger partial charge in [0.25, 0.3) is 0 Å². The Hall–Kier alpha value is -2.16. The second-order valence-electron chi connectivity index (χ2n) is 4.57. The molecule has 0 aliphatic rings. The third kappa shape index (κ3) is 1.88. The molecule has 2 aromatic heterocycles. The fourth-order valence-corrected chi connectivity index (χ4v) is 2.13. The molecular weight excluding hydrogens is 222 g/mol. The van der Waals surface area contributed by atoms with Crippen molar-refractivity contribution >= 4 is 5.65 Å². The van der Waals surface area contributed by atoms with Crippen LogP contribution in [0.2, 0.25) is 0 Å². The molecule has 3 nitrogen and oxygen atoms in total. The van der Waals surface area contributed by atoms with Crippen LogP contribution in [0.3, 0.4) is 0 Å². The van der Waals surface area contributed by atoms with Gasteiger partial charge in [0.15, 0.2) is 11.5 Å². The SMILES string of the molecule is Cc1ccccc1Cc1nc2cccc(C)n2n1. The third-order valence-electron chi connectivity index (χ3n) is 3.20. The van der Waals surface area contributed by atoms with Gasteiger partial charge in [-0.3, -0.25) is 0 Å². The van der Waals surface area contributed by atoms with Gasteiger partial charge in [0.1, 0.15) is 0 Å². The van der Waals surface area contributed by atoms with Gasteiger partial charge >= 0.3 is 0 Å². The highest BCUT2D eigenvalue weighted by molar-refractivity contribution is 5.39. The highest BCUT2D eigenvalue weighted by Gasteiger charge is 2.07. The van der Waals surface area contributed by atoms with Gasteiger partial charge in [0.2, 0.25) is 0 Å². The first kappa shape index (κ1) is 11.0. The van der Waals surface area contributed by atoms with Gasteiger partial charge in [-0.15, -0.1) is 0 Å². The van der Waals surface area contributed by atoms with Crippen molar-refractivity contribution in [3.63, 3.8) is 0 Å². The van der Waals surface area contributed by atoms with Gasteiger partial charge in [-0.1, -0.05) is 30.3 Å². The molecular formula is C15H15N3. The summed E-state index contributed by atoms with van der Waals surface area (Å²) in [5.41, 5.74) is 4.59. The minimum absolute atomic E-state index is 0.786. The summed E-state index contributed by atoms with van der Waals surface area (Å²) in [5.74, 6) is 0.874. The highest BCUT2D eigenvalue weighted by atomic mass is 15.3. The van der Waals surface area contributed by atoms with E-state index < -0.39 is 0 Å². The molecule has 0 aliphatic heterocycles. The molecule has 0 saturated carbocycles. The van der Waals surface area contributed by atoms with Crippen LogP contribution in [-0.2, 0) is 6.42 Å². The van der Waals surface area contributed by atoms with Gasteiger partial charge in [-0.05, 0) is 37.1 Å². The summed E-state index contributed by atoms with van der Waals surface area (Å²) in [6, 6.07) is 14.4. The van der Waals surface area contributed by atoms with E-state index in [-0.39, 0.29) is 0 Å². The molecule has 3 aromatic rings. The number of aromatic nitrogens is 3. The Morgan fingerprint density at radius 2 is 1.83 bits per heavy atom. The smallest absolute Gasteiger partial charge is 0.156 e. The summed E-state index contributed by atoms with van der Waals surface area (Å²) in [5, 5.41) is 4.55. The lowest BCUT2D eigenvalue weighted by Gasteiger charge is -2.01. The molecule has 0 unspecified atom stereocenters. The summed E-state index contributed by atoms with van der Waals surface area (Å²) < 4.78 is 1.90. The molecule has 90 valence electrons. The zero-order valence-corrected chi connectivity index (χ0v) is 10.6. The molecule has 0 spiro atoms. The van der Waals surface area contributed by atoms with Crippen LogP contribution in [0.1, 0.15) is 22.6 Å². The highest BCUT2D eigenvalue weighted by Crippen LogP contribution is 2.12. The Kier molecular flexibility index (Phi) is 2.59. The van der Waals surface area contributed by atoms with E-state index in [1.807, 2.05) is 29.6 Å². The predicted octanol–water partition coefficient (Wildman–Crippen LogP) is 2.94. The molecule has 0 saturated heterocycles. The quantitative estimate of drug-likeness (QED) is 0.686. The van der Waals surface area contributed by atoms with E-state index in [1.54, 1.807) is 0 Å². The maximum absolute atomic E-state index is 4.56. The first-order valence-corrected chi connectivity index (χ1v) is 6.10. The summed E-state index contributed by atoms with van der Waals surface area (Å²) in [6.07, 6.45) is 0.786. The van der Waals surface area contributed by atoms with Crippen LogP contribution in [-0.4, -0.2) is 14.6 Å². The molecule has 0 atom stereocenters. The number of rotatable bonds is 2. The second-order valence-corrected chi connectivity index (χ2v) is 4.57. The first-order chi connectivity index (χ1) is 8.74. The van der Waals surface area contributed by atoms with Crippen molar-refractivity contribution < 1.29 is 0 Å². The second kappa shape index (κ2) is 4.26. The van der Waals surface area contributed by atoms with Crippen LogP contribution < -0.4 is 0 Å². The molecule has 0 fully saturated rings. The van der Waals surface area contributed by atoms with E-state index in [1.165, 1.54) is 11.1 Å². The standard InChI is InChI=1S/C15H15N3/c1-11-6-3-4-8-13(11)10-14-16-15-9-5-7-12(2)18(15)17-14/h3-9H,10H2,1-2H3. The fourth-order valence-electron chi connectivity index (χ4n) is 2.13. The van der Waals surface area contributed by atoms with Gasteiger partial charge in [0, 0.05) is 12.1 Å². The lowest BCUT2D eigenvalue weighted by molar-refractivity contribution is 0.869. The zero-order valence-electron chi connectivity index (χ0n) is 10.6. The monoisotopic (exact) mass is 237 g/mol. The van der Waals surface area contributed by atoms with Gasteiger partial charge in [-0.25, -0.2) is 9.50 Å². The van der Waals surface area contributed by atoms with Gasteiger partial charge in [0.05, 0.1) is 0 Å². The first-order valence-electron chi connectivity index (χ1n) is 6.10. The predicted molar refractivity (Wildman–Crippen MR) is 71.7 cm³/mol. The Balaban J connectivity index is 2.01. The van der Waals surface area contributed by atoms with Crippen LogP contribution in [0.4, 0.5) is 0 Å². The van der Waals surface area contributed by atoms with Crippen LogP contribution in [0, 0.1) is 13.8 Å². The number of nitrogens with zero attached hydrogens (tertiary/aromatic N) is 3. The summed E-state index contributed by atoms with van der Waals surface area (Å²) in [6.45, 7) is 4.16. The zero-order chi connectivity index (χ0) is 12.5. The largest absolute Gasteiger partial charge is 0.218 e. The maximum Gasteiger partial charge on any atom is 0.156 e. The van der Waals surface area contributed by atoms with E-state index in [0.29, 0.717) is 0 Å². The molecule has 0 N–H and O–H groups in total. The topological polar surface area (TPSA) is 30.2 Å². The number of hydrogen-bond acceptors (Lipinski definition) is 2. The van der Waals surface area contributed by atoms with E-state index in [9.17, 15) is 0 Å². The number of fused-ring (bicyclic) bond motifs is 1. The van der Waals surface area contributed by atoms with E-state index in [2.05, 4.69) is 41.3 Å². The minimum Gasteiger partial charge on any atom is -0.218 e. The van der Waals surface area contributed by atoms with E-state index in [0.717, 1.165) is 23.6 Å². The Labute approximate surface area is 106 Å². The fraction of sp³-hybridized carbons (Fsp3) is 0.200. The maximum atomic E-state index is 4.56. The Morgan fingerprint density at radius 3 is 2.61 bits per heavy atom. The molecule has 1 aromatic carbocycles. The lowest BCUT2D eigenvalue weighted by atomic mass is 10.1. The van der Waals surface area contributed by atoms with Crippen molar-refractivity contribution in [2.45, 2.75) is 20.3 Å². The molecule has 3 rings (SSSR count). The summed E-state index contributed by atoms with van der Waals surface area (Å²) >= 11 is 0. The number of hydrogen-bond donors (Lipinski definition) is 0. The number of benzene rings is 1. The van der Waals surface area contributed by atoms with Crippen LogP contribution in [0.25, 0.3) is 5.65 Å². The van der Waals surface area contributed by atoms with Crippen molar-refractivity contribution in [2.24, 2.45) is 0 Å². The van der Waals surface area contributed by atoms with Crippen molar-refractivity contribution in [3.05, 3.63) is 65.1 Å².